The van der Waals surface area contributed by atoms with E-state index in [4.69, 9.17) is 9.47 Å². The molecule has 2 aliphatic heterocycles. The maximum atomic E-state index is 13.2. The van der Waals surface area contributed by atoms with Crippen LogP contribution >= 0.6 is 0 Å². The van der Waals surface area contributed by atoms with Crippen molar-refractivity contribution in [2.24, 2.45) is 4.99 Å². The molecule has 0 amide bonds. The van der Waals surface area contributed by atoms with Gasteiger partial charge in [-0.25, -0.2) is 9.38 Å². The fourth-order valence-electron chi connectivity index (χ4n) is 3.32. The van der Waals surface area contributed by atoms with Crippen LogP contribution in [0.2, 0.25) is 0 Å². The lowest BCUT2D eigenvalue weighted by atomic mass is 9.96. The summed E-state index contributed by atoms with van der Waals surface area (Å²) >= 11 is 0. The Bertz CT molecular complexity index is 581. The zero-order valence-corrected chi connectivity index (χ0v) is 14.3. The van der Waals surface area contributed by atoms with Gasteiger partial charge < -0.3 is 20.1 Å². The van der Waals surface area contributed by atoms with Crippen LogP contribution in [0.4, 0.5) is 4.39 Å². The first-order chi connectivity index (χ1) is 11.6. The highest BCUT2D eigenvalue weighted by Gasteiger charge is 2.41. The van der Waals surface area contributed by atoms with Crippen molar-refractivity contribution in [3.8, 4) is 5.75 Å². The number of halogens is 1. The van der Waals surface area contributed by atoms with Gasteiger partial charge in [-0.15, -0.1) is 0 Å². The van der Waals surface area contributed by atoms with E-state index in [2.05, 4.69) is 15.6 Å². The Balaban J connectivity index is 1.53. The highest BCUT2D eigenvalue weighted by atomic mass is 19.1. The smallest absolute Gasteiger partial charge is 0.191 e. The van der Waals surface area contributed by atoms with Gasteiger partial charge >= 0.3 is 0 Å². The molecule has 2 saturated heterocycles. The molecule has 0 spiro atoms. The summed E-state index contributed by atoms with van der Waals surface area (Å²) in [6.07, 6.45) is 3.92. The molecule has 1 aromatic rings. The molecule has 1 aromatic carbocycles. The van der Waals surface area contributed by atoms with E-state index >= 15 is 0 Å². The molecule has 24 heavy (non-hydrogen) atoms. The maximum Gasteiger partial charge on any atom is 0.191 e. The van der Waals surface area contributed by atoms with Crippen molar-refractivity contribution in [2.45, 2.75) is 57.5 Å². The van der Waals surface area contributed by atoms with Gasteiger partial charge in [-0.05, 0) is 45.2 Å². The molecule has 6 heteroatoms. The van der Waals surface area contributed by atoms with Crippen LogP contribution in [0, 0.1) is 5.82 Å². The van der Waals surface area contributed by atoms with Gasteiger partial charge in [0, 0.05) is 12.6 Å². The van der Waals surface area contributed by atoms with Crippen molar-refractivity contribution in [1.29, 1.82) is 0 Å². The van der Waals surface area contributed by atoms with Crippen LogP contribution in [0.3, 0.4) is 0 Å². The summed E-state index contributed by atoms with van der Waals surface area (Å²) in [7, 11) is 0. The fourth-order valence-corrected chi connectivity index (χ4v) is 3.32. The summed E-state index contributed by atoms with van der Waals surface area (Å²) in [4.78, 5) is 4.60. The van der Waals surface area contributed by atoms with Crippen LogP contribution in [0.25, 0.3) is 0 Å². The summed E-state index contributed by atoms with van der Waals surface area (Å²) in [5.74, 6) is 1.01. The Kier molecular flexibility index (Phi) is 5.56. The zero-order valence-electron chi connectivity index (χ0n) is 14.3. The number of ether oxygens (including phenoxy) is 2. The minimum absolute atomic E-state index is 0.140. The van der Waals surface area contributed by atoms with Gasteiger partial charge in [0.2, 0.25) is 0 Å². The van der Waals surface area contributed by atoms with E-state index in [1.807, 2.05) is 13.8 Å². The third-order valence-corrected chi connectivity index (χ3v) is 4.41. The third kappa shape index (κ3) is 4.38. The van der Waals surface area contributed by atoms with Crippen molar-refractivity contribution in [3.63, 3.8) is 0 Å². The molecule has 2 N–H and O–H groups in total. The van der Waals surface area contributed by atoms with Crippen LogP contribution in [-0.4, -0.2) is 43.4 Å². The molecule has 2 aliphatic rings. The lowest BCUT2D eigenvalue weighted by Gasteiger charge is -2.23. The minimum atomic E-state index is -0.297. The second-order valence-corrected chi connectivity index (χ2v) is 6.47. The summed E-state index contributed by atoms with van der Waals surface area (Å²) in [5, 5.41) is 6.74. The maximum absolute atomic E-state index is 13.2. The van der Waals surface area contributed by atoms with Crippen LogP contribution in [0.1, 0.15) is 33.1 Å². The normalized spacial score (nSPS) is 27.1. The first kappa shape index (κ1) is 17.0. The van der Waals surface area contributed by atoms with Crippen molar-refractivity contribution in [1.82, 2.24) is 10.6 Å². The van der Waals surface area contributed by atoms with Gasteiger partial charge in [-0.2, -0.15) is 0 Å². The van der Waals surface area contributed by atoms with Gasteiger partial charge in [0.1, 0.15) is 17.7 Å². The largest absolute Gasteiger partial charge is 0.489 e. The molecule has 2 fully saturated rings. The number of rotatable bonds is 6. The Morgan fingerprint density at radius 2 is 2.33 bits per heavy atom. The summed E-state index contributed by atoms with van der Waals surface area (Å²) in [6, 6.07) is 6.51. The number of hydrogen-bond acceptors (Lipinski definition) is 3. The molecule has 0 saturated carbocycles. The van der Waals surface area contributed by atoms with Crippen LogP contribution in [0.5, 0.6) is 5.75 Å². The zero-order chi connectivity index (χ0) is 16.9. The van der Waals surface area contributed by atoms with E-state index in [0.29, 0.717) is 30.5 Å². The van der Waals surface area contributed by atoms with Crippen molar-refractivity contribution in [2.75, 3.05) is 13.1 Å². The van der Waals surface area contributed by atoms with E-state index in [1.54, 1.807) is 12.1 Å². The number of guanidine groups is 1. The predicted molar refractivity (Wildman–Crippen MR) is 91.9 cm³/mol. The van der Waals surface area contributed by atoms with Crippen molar-refractivity contribution < 1.29 is 13.9 Å². The molecular formula is C18H26FN3O2. The molecule has 0 aliphatic carbocycles. The first-order valence-corrected chi connectivity index (χ1v) is 8.76. The average Bonchev–Trinajstić information content (AvgIpc) is 3.15. The number of nitrogens with one attached hydrogen (secondary N) is 2. The second-order valence-electron chi connectivity index (χ2n) is 6.47. The molecule has 4 atom stereocenters. The van der Waals surface area contributed by atoms with Crippen LogP contribution in [0.15, 0.2) is 29.3 Å². The van der Waals surface area contributed by atoms with Gasteiger partial charge in [0.15, 0.2) is 5.96 Å². The molecule has 132 valence electrons. The number of fused-ring (bicyclic) bond motifs is 2. The number of hydrogen-bond donors (Lipinski definition) is 2. The molecule has 0 radical (unpaired) electrons. The number of benzene rings is 1. The Labute approximate surface area is 142 Å². The van der Waals surface area contributed by atoms with Gasteiger partial charge in [-0.3, -0.25) is 0 Å². The molecule has 5 nitrogen and oxygen atoms in total. The minimum Gasteiger partial charge on any atom is -0.489 e. The summed E-state index contributed by atoms with van der Waals surface area (Å²) in [5.41, 5.74) is 0. The lowest BCUT2D eigenvalue weighted by Crippen LogP contribution is -2.47. The Hall–Kier alpha value is -1.82. The predicted octanol–water partition coefficient (Wildman–Crippen LogP) is 2.47. The molecule has 2 heterocycles. The van der Waals surface area contributed by atoms with Crippen molar-refractivity contribution >= 4 is 5.96 Å². The first-order valence-electron chi connectivity index (χ1n) is 8.76. The topological polar surface area (TPSA) is 54.9 Å². The SMILES string of the molecule is CCNC(=NCC(C)Oc1cccc(F)c1)NC1CC2CCC1O2. The molecule has 3 rings (SSSR count). The van der Waals surface area contributed by atoms with Gasteiger partial charge in [-0.1, -0.05) is 6.07 Å². The lowest BCUT2D eigenvalue weighted by molar-refractivity contribution is 0.0992. The van der Waals surface area contributed by atoms with Gasteiger partial charge in [0.05, 0.1) is 24.8 Å². The molecular weight excluding hydrogens is 309 g/mol. The van der Waals surface area contributed by atoms with Gasteiger partial charge in [0.25, 0.3) is 0 Å². The average molecular weight is 335 g/mol. The molecule has 4 unspecified atom stereocenters. The number of aliphatic imine (C=N–C) groups is 1. The monoisotopic (exact) mass is 335 g/mol. The quantitative estimate of drug-likeness (QED) is 0.619. The van der Waals surface area contributed by atoms with E-state index in [-0.39, 0.29) is 11.9 Å². The fraction of sp³-hybridized carbons (Fsp3) is 0.611. The molecule has 2 bridgehead atoms. The Morgan fingerprint density at radius 3 is 3.00 bits per heavy atom. The molecule has 0 aromatic heterocycles. The van der Waals surface area contributed by atoms with E-state index in [0.717, 1.165) is 25.3 Å². The third-order valence-electron chi connectivity index (χ3n) is 4.41. The standard InChI is InChI=1S/C18H26FN3O2/c1-3-20-18(22-16-10-15-7-8-17(16)24-15)21-11-12(2)23-14-6-4-5-13(19)9-14/h4-6,9,12,15-17H,3,7-8,10-11H2,1-2H3,(H2,20,21,22). The van der Waals surface area contributed by atoms with E-state index in [9.17, 15) is 4.39 Å². The summed E-state index contributed by atoms with van der Waals surface area (Å²) in [6.45, 7) is 5.26. The summed E-state index contributed by atoms with van der Waals surface area (Å²) < 4.78 is 24.8. The highest BCUT2D eigenvalue weighted by Crippen LogP contribution is 2.34. The van der Waals surface area contributed by atoms with Crippen LogP contribution in [-0.2, 0) is 4.74 Å². The van der Waals surface area contributed by atoms with E-state index < -0.39 is 0 Å². The van der Waals surface area contributed by atoms with E-state index in [1.165, 1.54) is 18.6 Å². The highest BCUT2D eigenvalue weighted by molar-refractivity contribution is 5.80. The number of nitrogens with zero attached hydrogens (tertiary/aromatic N) is 1. The Morgan fingerprint density at radius 1 is 1.46 bits per heavy atom. The van der Waals surface area contributed by atoms with Crippen LogP contribution < -0.4 is 15.4 Å². The van der Waals surface area contributed by atoms with Crippen molar-refractivity contribution in [3.05, 3.63) is 30.1 Å². The second kappa shape index (κ2) is 7.83.